The Bertz CT molecular complexity index is 341. The van der Waals surface area contributed by atoms with Gasteiger partial charge >= 0.3 is 0 Å². The van der Waals surface area contributed by atoms with Crippen LogP contribution in [0.1, 0.15) is 49.8 Å². The number of ether oxygens (including phenoxy) is 1. The van der Waals surface area contributed by atoms with E-state index in [9.17, 15) is 0 Å². The normalized spacial score (nSPS) is 20.8. The SMILES string of the molecule is CCC(CC)c1ccccc1C1CNCCO1. The van der Waals surface area contributed by atoms with Crippen molar-refractivity contribution in [3.8, 4) is 0 Å². The summed E-state index contributed by atoms with van der Waals surface area (Å²) in [7, 11) is 0. The van der Waals surface area contributed by atoms with E-state index in [1.54, 1.807) is 0 Å². The Balaban J connectivity index is 2.25. The maximum atomic E-state index is 5.88. The molecule has 1 aliphatic heterocycles. The average molecular weight is 233 g/mol. The Labute approximate surface area is 104 Å². The third-order valence-corrected chi connectivity index (χ3v) is 3.70. The predicted molar refractivity (Wildman–Crippen MR) is 71.3 cm³/mol. The maximum absolute atomic E-state index is 5.88. The number of morpholine rings is 1. The molecule has 1 unspecified atom stereocenters. The van der Waals surface area contributed by atoms with Gasteiger partial charge in [-0.1, -0.05) is 38.1 Å². The van der Waals surface area contributed by atoms with Gasteiger partial charge in [0.05, 0.1) is 12.7 Å². The lowest BCUT2D eigenvalue weighted by molar-refractivity contribution is 0.0269. The molecule has 0 bridgehead atoms. The van der Waals surface area contributed by atoms with E-state index in [2.05, 4.69) is 43.4 Å². The summed E-state index contributed by atoms with van der Waals surface area (Å²) in [5.74, 6) is 0.664. The third-order valence-electron chi connectivity index (χ3n) is 3.70. The highest BCUT2D eigenvalue weighted by molar-refractivity contribution is 5.32. The fourth-order valence-electron chi connectivity index (χ4n) is 2.67. The second kappa shape index (κ2) is 6.18. The molecule has 1 heterocycles. The molecule has 1 fully saturated rings. The zero-order valence-corrected chi connectivity index (χ0v) is 10.9. The molecular formula is C15H23NO. The zero-order chi connectivity index (χ0) is 12.1. The number of hydrogen-bond acceptors (Lipinski definition) is 2. The van der Waals surface area contributed by atoms with Crippen LogP contribution in [0.2, 0.25) is 0 Å². The van der Waals surface area contributed by atoms with Gasteiger partial charge in [-0.3, -0.25) is 0 Å². The van der Waals surface area contributed by atoms with Crippen molar-refractivity contribution in [2.75, 3.05) is 19.7 Å². The van der Waals surface area contributed by atoms with E-state index >= 15 is 0 Å². The van der Waals surface area contributed by atoms with Crippen LogP contribution in [0.3, 0.4) is 0 Å². The Morgan fingerprint density at radius 2 is 2.06 bits per heavy atom. The zero-order valence-electron chi connectivity index (χ0n) is 10.9. The fourth-order valence-corrected chi connectivity index (χ4v) is 2.67. The number of rotatable bonds is 4. The van der Waals surface area contributed by atoms with Gasteiger partial charge in [-0.05, 0) is 29.9 Å². The van der Waals surface area contributed by atoms with Crippen molar-refractivity contribution < 1.29 is 4.74 Å². The lowest BCUT2D eigenvalue weighted by Gasteiger charge is -2.28. The minimum Gasteiger partial charge on any atom is -0.371 e. The monoisotopic (exact) mass is 233 g/mol. The van der Waals surface area contributed by atoms with Crippen LogP contribution in [0.5, 0.6) is 0 Å². The highest BCUT2D eigenvalue weighted by atomic mass is 16.5. The molecule has 1 aromatic rings. The first-order valence-corrected chi connectivity index (χ1v) is 6.78. The fraction of sp³-hybridized carbons (Fsp3) is 0.600. The van der Waals surface area contributed by atoms with Crippen molar-refractivity contribution in [2.45, 2.75) is 38.7 Å². The quantitative estimate of drug-likeness (QED) is 0.862. The molecule has 0 amide bonds. The van der Waals surface area contributed by atoms with Gasteiger partial charge in [0, 0.05) is 13.1 Å². The molecule has 1 aromatic carbocycles. The van der Waals surface area contributed by atoms with Crippen LogP contribution in [0.4, 0.5) is 0 Å². The van der Waals surface area contributed by atoms with Gasteiger partial charge in [-0.15, -0.1) is 0 Å². The van der Waals surface area contributed by atoms with E-state index in [0.717, 1.165) is 19.7 Å². The lowest BCUT2D eigenvalue weighted by atomic mass is 9.88. The van der Waals surface area contributed by atoms with Crippen molar-refractivity contribution >= 4 is 0 Å². The second-order valence-corrected chi connectivity index (χ2v) is 4.71. The minimum atomic E-state index is 0.237. The first-order valence-electron chi connectivity index (χ1n) is 6.78. The van der Waals surface area contributed by atoms with Crippen LogP contribution >= 0.6 is 0 Å². The van der Waals surface area contributed by atoms with E-state index < -0.39 is 0 Å². The summed E-state index contributed by atoms with van der Waals surface area (Å²) in [6, 6.07) is 8.77. The summed E-state index contributed by atoms with van der Waals surface area (Å²) in [6.45, 7) is 7.28. The topological polar surface area (TPSA) is 21.3 Å². The van der Waals surface area contributed by atoms with E-state index in [1.807, 2.05) is 0 Å². The van der Waals surface area contributed by atoms with Crippen LogP contribution < -0.4 is 5.32 Å². The number of hydrogen-bond donors (Lipinski definition) is 1. The van der Waals surface area contributed by atoms with Crippen LogP contribution in [0, 0.1) is 0 Å². The largest absolute Gasteiger partial charge is 0.371 e. The lowest BCUT2D eigenvalue weighted by Crippen LogP contribution is -2.33. The van der Waals surface area contributed by atoms with Gasteiger partial charge < -0.3 is 10.1 Å². The van der Waals surface area contributed by atoms with E-state index in [-0.39, 0.29) is 6.10 Å². The molecule has 2 rings (SSSR count). The molecule has 1 aliphatic rings. The molecule has 0 aliphatic carbocycles. The van der Waals surface area contributed by atoms with E-state index in [0.29, 0.717) is 5.92 Å². The highest BCUT2D eigenvalue weighted by Gasteiger charge is 2.21. The van der Waals surface area contributed by atoms with Crippen molar-refractivity contribution in [1.29, 1.82) is 0 Å². The van der Waals surface area contributed by atoms with Crippen LogP contribution in [0.25, 0.3) is 0 Å². The van der Waals surface area contributed by atoms with Crippen LogP contribution in [-0.4, -0.2) is 19.7 Å². The smallest absolute Gasteiger partial charge is 0.0952 e. The molecule has 0 aromatic heterocycles. The summed E-state index contributed by atoms with van der Waals surface area (Å²) in [5, 5.41) is 3.41. The molecule has 1 N–H and O–H groups in total. The van der Waals surface area contributed by atoms with Crippen molar-refractivity contribution in [2.24, 2.45) is 0 Å². The molecule has 0 saturated carbocycles. The molecule has 0 radical (unpaired) electrons. The molecule has 2 heteroatoms. The highest BCUT2D eigenvalue weighted by Crippen LogP contribution is 2.31. The molecule has 17 heavy (non-hydrogen) atoms. The third kappa shape index (κ3) is 2.88. The van der Waals surface area contributed by atoms with Gasteiger partial charge in [-0.2, -0.15) is 0 Å². The predicted octanol–water partition coefficient (Wildman–Crippen LogP) is 3.25. The molecular weight excluding hydrogens is 210 g/mol. The molecule has 1 atom stereocenters. The van der Waals surface area contributed by atoms with Gasteiger partial charge in [0.2, 0.25) is 0 Å². The average Bonchev–Trinajstić information content (AvgIpc) is 2.42. The second-order valence-electron chi connectivity index (χ2n) is 4.71. The summed E-state index contributed by atoms with van der Waals surface area (Å²) in [6.07, 6.45) is 2.64. The van der Waals surface area contributed by atoms with Gasteiger partial charge in [-0.25, -0.2) is 0 Å². The summed E-state index contributed by atoms with van der Waals surface area (Å²) in [5.41, 5.74) is 2.86. The van der Waals surface area contributed by atoms with Crippen molar-refractivity contribution in [3.05, 3.63) is 35.4 Å². The summed E-state index contributed by atoms with van der Waals surface area (Å²) in [4.78, 5) is 0. The van der Waals surface area contributed by atoms with Crippen LogP contribution in [0.15, 0.2) is 24.3 Å². The molecule has 0 spiro atoms. The van der Waals surface area contributed by atoms with Gasteiger partial charge in [0.15, 0.2) is 0 Å². The van der Waals surface area contributed by atoms with Gasteiger partial charge in [0.1, 0.15) is 0 Å². The first kappa shape index (κ1) is 12.6. The number of nitrogens with one attached hydrogen (secondary N) is 1. The van der Waals surface area contributed by atoms with Gasteiger partial charge in [0.25, 0.3) is 0 Å². The Morgan fingerprint density at radius 3 is 2.71 bits per heavy atom. The summed E-state index contributed by atoms with van der Waals surface area (Å²) < 4.78 is 5.88. The first-order chi connectivity index (χ1) is 8.36. The molecule has 94 valence electrons. The Morgan fingerprint density at radius 1 is 1.29 bits per heavy atom. The Kier molecular flexibility index (Phi) is 4.57. The molecule has 1 saturated heterocycles. The van der Waals surface area contributed by atoms with Crippen LogP contribution in [-0.2, 0) is 4.74 Å². The minimum absolute atomic E-state index is 0.237. The standard InChI is InChI=1S/C15H23NO/c1-3-12(4-2)13-7-5-6-8-14(13)15-11-16-9-10-17-15/h5-8,12,15-16H,3-4,9-11H2,1-2H3. The summed E-state index contributed by atoms with van der Waals surface area (Å²) >= 11 is 0. The Hall–Kier alpha value is -0.860. The van der Waals surface area contributed by atoms with Crippen molar-refractivity contribution in [3.63, 3.8) is 0 Å². The number of benzene rings is 1. The maximum Gasteiger partial charge on any atom is 0.0952 e. The molecule has 2 nitrogen and oxygen atoms in total. The van der Waals surface area contributed by atoms with Crippen molar-refractivity contribution in [1.82, 2.24) is 5.32 Å². The van der Waals surface area contributed by atoms with E-state index in [4.69, 9.17) is 4.74 Å². The van der Waals surface area contributed by atoms with E-state index in [1.165, 1.54) is 24.0 Å².